The molecule has 0 spiro atoms. The second-order valence-electron chi connectivity index (χ2n) is 5.63. The van der Waals surface area contributed by atoms with Gasteiger partial charge in [0.15, 0.2) is 6.29 Å². The Hall–Kier alpha value is -0.980. The van der Waals surface area contributed by atoms with Gasteiger partial charge in [0.05, 0.1) is 25.4 Å². The van der Waals surface area contributed by atoms with Crippen LogP contribution in [0.4, 0.5) is 0 Å². The zero-order chi connectivity index (χ0) is 14.2. The first-order chi connectivity index (χ1) is 9.62. The van der Waals surface area contributed by atoms with Crippen molar-refractivity contribution in [3.8, 4) is 0 Å². The fraction of sp³-hybridized carbons (Fsp3) is 0.600. The number of rotatable bonds is 4. The first kappa shape index (κ1) is 14.0. The van der Waals surface area contributed by atoms with Crippen LogP contribution in [0.15, 0.2) is 30.3 Å². The van der Waals surface area contributed by atoms with E-state index in [9.17, 15) is 10.2 Å². The summed E-state index contributed by atoms with van der Waals surface area (Å²) >= 11 is 0. The van der Waals surface area contributed by atoms with Crippen molar-refractivity contribution in [1.82, 2.24) is 0 Å². The van der Waals surface area contributed by atoms with E-state index in [2.05, 4.69) is 0 Å². The van der Waals surface area contributed by atoms with Gasteiger partial charge in [-0.3, -0.25) is 0 Å². The van der Waals surface area contributed by atoms with Gasteiger partial charge in [0, 0.05) is 12.0 Å². The molecule has 2 saturated heterocycles. The summed E-state index contributed by atoms with van der Waals surface area (Å²) in [5.41, 5.74) is 0.454. The molecule has 2 N–H and O–H groups in total. The summed E-state index contributed by atoms with van der Waals surface area (Å²) < 4.78 is 16.8. The van der Waals surface area contributed by atoms with Gasteiger partial charge in [0.2, 0.25) is 0 Å². The van der Waals surface area contributed by atoms with Gasteiger partial charge >= 0.3 is 0 Å². The van der Waals surface area contributed by atoms with Crippen molar-refractivity contribution in [2.45, 2.75) is 43.5 Å². The number of ether oxygens (including phenoxy) is 3. The lowest BCUT2D eigenvalue weighted by Gasteiger charge is -2.34. The third-order valence-corrected chi connectivity index (χ3v) is 4.01. The Bertz CT molecular complexity index is 451. The number of aliphatic hydroxyl groups excluding tert-OH is 2. The fourth-order valence-electron chi connectivity index (χ4n) is 2.52. The van der Waals surface area contributed by atoms with E-state index in [1.54, 1.807) is 0 Å². The van der Waals surface area contributed by atoms with Crippen LogP contribution in [0.1, 0.15) is 25.2 Å². The Labute approximate surface area is 118 Å². The SMILES string of the molecule is C[C@]1(CO)O[C@@H]1C[C@@H]1O[C@H](c2ccccc2)OC[C@H]1O. The van der Waals surface area contributed by atoms with Crippen molar-refractivity contribution >= 4 is 0 Å². The summed E-state index contributed by atoms with van der Waals surface area (Å²) in [6, 6.07) is 9.66. The highest BCUT2D eigenvalue weighted by atomic mass is 16.7. The number of epoxide rings is 1. The van der Waals surface area contributed by atoms with Crippen molar-refractivity contribution in [2.24, 2.45) is 0 Å². The molecule has 2 fully saturated rings. The van der Waals surface area contributed by atoms with E-state index in [1.165, 1.54) is 0 Å². The number of benzene rings is 1. The molecule has 1 aromatic rings. The second kappa shape index (κ2) is 5.42. The van der Waals surface area contributed by atoms with Gasteiger partial charge in [-0.1, -0.05) is 30.3 Å². The molecule has 2 aliphatic heterocycles. The van der Waals surface area contributed by atoms with Crippen LogP contribution < -0.4 is 0 Å². The van der Waals surface area contributed by atoms with Crippen LogP contribution in [0.3, 0.4) is 0 Å². The van der Waals surface area contributed by atoms with Crippen LogP contribution in [0.5, 0.6) is 0 Å². The summed E-state index contributed by atoms with van der Waals surface area (Å²) in [6.07, 6.45) is -0.967. The van der Waals surface area contributed by atoms with Crippen molar-refractivity contribution in [3.63, 3.8) is 0 Å². The molecule has 20 heavy (non-hydrogen) atoms. The highest BCUT2D eigenvalue weighted by Gasteiger charge is 2.53. The molecule has 0 bridgehead atoms. The number of hydrogen-bond donors (Lipinski definition) is 2. The topological polar surface area (TPSA) is 71.5 Å². The van der Waals surface area contributed by atoms with Gasteiger partial charge in [-0.05, 0) is 6.92 Å². The van der Waals surface area contributed by atoms with Gasteiger partial charge in [-0.2, -0.15) is 0 Å². The Kier molecular flexibility index (Phi) is 3.79. The molecule has 0 aromatic heterocycles. The Morgan fingerprint density at radius 3 is 2.70 bits per heavy atom. The van der Waals surface area contributed by atoms with E-state index in [1.807, 2.05) is 37.3 Å². The standard InChI is InChI=1S/C15H20O5/c1-15(9-16)13(20-15)7-12-11(17)8-18-14(19-12)10-5-3-2-4-6-10/h2-6,11-14,16-17H,7-9H2,1H3/t11-,12+,13-,14-,15-/m1/s1. The van der Waals surface area contributed by atoms with Gasteiger partial charge in [-0.25, -0.2) is 0 Å². The molecule has 5 heteroatoms. The maximum absolute atomic E-state index is 9.99. The molecule has 110 valence electrons. The molecule has 0 aliphatic carbocycles. The molecule has 3 rings (SSSR count). The Morgan fingerprint density at radius 1 is 1.30 bits per heavy atom. The molecule has 0 amide bonds. The highest BCUT2D eigenvalue weighted by molar-refractivity contribution is 5.16. The zero-order valence-corrected chi connectivity index (χ0v) is 11.4. The lowest BCUT2D eigenvalue weighted by Crippen LogP contribution is -2.41. The minimum absolute atomic E-state index is 0.0148. The Balaban J connectivity index is 1.63. The molecular weight excluding hydrogens is 260 g/mol. The monoisotopic (exact) mass is 280 g/mol. The summed E-state index contributed by atoms with van der Waals surface area (Å²) in [6.45, 7) is 2.09. The fourth-order valence-corrected chi connectivity index (χ4v) is 2.52. The molecule has 0 unspecified atom stereocenters. The quantitative estimate of drug-likeness (QED) is 0.805. The van der Waals surface area contributed by atoms with Crippen LogP contribution >= 0.6 is 0 Å². The molecule has 2 aliphatic rings. The molecule has 2 heterocycles. The second-order valence-corrected chi connectivity index (χ2v) is 5.63. The minimum Gasteiger partial charge on any atom is -0.393 e. The number of hydrogen-bond acceptors (Lipinski definition) is 5. The average molecular weight is 280 g/mol. The predicted octanol–water partition coefficient (Wildman–Crippen LogP) is 1.00. The summed E-state index contributed by atoms with van der Waals surface area (Å²) in [5, 5.41) is 19.2. The largest absolute Gasteiger partial charge is 0.393 e. The Morgan fingerprint density at radius 2 is 2.05 bits per heavy atom. The summed E-state index contributed by atoms with van der Waals surface area (Å²) in [4.78, 5) is 0. The number of aliphatic hydroxyl groups is 2. The lowest BCUT2D eigenvalue weighted by atomic mass is 10.0. The molecule has 1 aromatic carbocycles. The average Bonchev–Trinajstić information content (AvgIpc) is 3.13. The van der Waals surface area contributed by atoms with Crippen LogP contribution in [0.2, 0.25) is 0 Å². The van der Waals surface area contributed by atoms with Crippen molar-refractivity contribution in [1.29, 1.82) is 0 Å². The van der Waals surface area contributed by atoms with E-state index in [-0.39, 0.29) is 25.4 Å². The molecule has 0 radical (unpaired) electrons. The molecule has 0 saturated carbocycles. The zero-order valence-electron chi connectivity index (χ0n) is 11.4. The van der Waals surface area contributed by atoms with E-state index >= 15 is 0 Å². The molecule has 5 nitrogen and oxygen atoms in total. The van der Waals surface area contributed by atoms with E-state index in [0.29, 0.717) is 6.42 Å². The van der Waals surface area contributed by atoms with Gasteiger partial charge in [-0.15, -0.1) is 0 Å². The third kappa shape index (κ3) is 2.73. The molecule has 5 atom stereocenters. The summed E-state index contributed by atoms with van der Waals surface area (Å²) in [5.74, 6) is 0. The van der Waals surface area contributed by atoms with Crippen molar-refractivity contribution < 1.29 is 24.4 Å². The van der Waals surface area contributed by atoms with Gasteiger partial charge in [0.25, 0.3) is 0 Å². The van der Waals surface area contributed by atoms with Crippen LogP contribution in [-0.4, -0.2) is 47.3 Å². The summed E-state index contributed by atoms with van der Waals surface area (Å²) in [7, 11) is 0. The maximum atomic E-state index is 9.99. The van der Waals surface area contributed by atoms with E-state index in [4.69, 9.17) is 14.2 Å². The van der Waals surface area contributed by atoms with E-state index in [0.717, 1.165) is 5.56 Å². The van der Waals surface area contributed by atoms with Gasteiger partial charge in [0.1, 0.15) is 11.7 Å². The molecular formula is C15H20O5. The predicted molar refractivity (Wildman–Crippen MR) is 71.0 cm³/mol. The highest BCUT2D eigenvalue weighted by Crippen LogP contribution is 2.41. The first-order valence-electron chi connectivity index (χ1n) is 6.91. The van der Waals surface area contributed by atoms with Crippen LogP contribution in [-0.2, 0) is 14.2 Å². The smallest absolute Gasteiger partial charge is 0.184 e. The van der Waals surface area contributed by atoms with Gasteiger partial charge < -0.3 is 24.4 Å². The van der Waals surface area contributed by atoms with Crippen LogP contribution in [0.25, 0.3) is 0 Å². The normalized spacial score (nSPS) is 40.5. The third-order valence-electron chi connectivity index (χ3n) is 4.01. The lowest BCUT2D eigenvalue weighted by molar-refractivity contribution is -0.258. The first-order valence-corrected chi connectivity index (χ1v) is 6.91. The van der Waals surface area contributed by atoms with Crippen LogP contribution in [0, 0.1) is 0 Å². The van der Waals surface area contributed by atoms with E-state index < -0.39 is 18.0 Å². The van der Waals surface area contributed by atoms with Crippen molar-refractivity contribution in [2.75, 3.05) is 13.2 Å². The van der Waals surface area contributed by atoms with Crippen molar-refractivity contribution in [3.05, 3.63) is 35.9 Å². The minimum atomic E-state index is -0.665. The maximum Gasteiger partial charge on any atom is 0.184 e.